The summed E-state index contributed by atoms with van der Waals surface area (Å²) in [6.07, 6.45) is 1.42. The number of imidazole rings is 1. The number of carboxylic acid groups (broad SMARTS) is 1. The first-order valence-electron chi connectivity index (χ1n) is 6.98. The Morgan fingerprint density at radius 3 is 2.65 bits per heavy atom. The molecule has 1 unspecified atom stereocenters. The average Bonchev–Trinajstić information content (AvgIpc) is 2.97. The van der Waals surface area contributed by atoms with E-state index in [1.165, 1.54) is 5.56 Å². The Balaban J connectivity index is 1.92. The van der Waals surface area contributed by atoms with E-state index in [-0.39, 0.29) is 0 Å². The number of aromatic nitrogens is 2. The van der Waals surface area contributed by atoms with Crippen LogP contribution in [0, 0.1) is 0 Å². The second-order valence-electron chi connectivity index (χ2n) is 5.66. The van der Waals surface area contributed by atoms with Crippen LogP contribution in [0.1, 0.15) is 49.1 Å². The SMILES string of the molecule is CC(C)c1ccc(-c2nc3c([nH]2)CCC3C(=O)O)cc1. The molecule has 0 aliphatic heterocycles. The van der Waals surface area contributed by atoms with Gasteiger partial charge in [-0.25, -0.2) is 4.98 Å². The van der Waals surface area contributed by atoms with Crippen LogP contribution < -0.4 is 0 Å². The van der Waals surface area contributed by atoms with Gasteiger partial charge in [0.1, 0.15) is 11.7 Å². The van der Waals surface area contributed by atoms with Gasteiger partial charge in [-0.3, -0.25) is 4.79 Å². The number of nitrogens with one attached hydrogen (secondary N) is 1. The first-order valence-corrected chi connectivity index (χ1v) is 6.98. The largest absolute Gasteiger partial charge is 0.481 e. The van der Waals surface area contributed by atoms with Gasteiger partial charge < -0.3 is 10.1 Å². The van der Waals surface area contributed by atoms with E-state index in [0.717, 1.165) is 23.5 Å². The monoisotopic (exact) mass is 270 g/mol. The smallest absolute Gasteiger partial charge is 0.312 e. The van der Waals surface area contributed by atoms with E-state index in [4.69, 9.17) is 0 Å². The summed E-state index contributed by atoms with van der Waals surface area (Å²) >= 11 is 0. The summed E-state index contributed by atoms with van der Waals surface area (Å²) in [4.78, 5) is 18.9. The number of aryl methyl sites for hydroxylation is 1. The predicted molar refractivity (Wildman–Crippen MR) is 76.8 cm³/mol. The molecule has 1 atom stereocenters. The average molecular weight is 270 g/mol. The zero-order valence-corrected chi connectivity index (χ0v) is 11.7. The summed E-state index contributed by atoms with van der Waals surface area (Å²) in [5, 5.41) is 9.18. The third-order valence-corrected chi connectivity index (χ3v) is 3.97. The molecule has 0 bridgehead atoms. The van der Waals surface area contributed by atoms with Crippen LogP contribution in [0.2, 0.25) is 0 Å². The molecule has 2 N–H and O–H groups in total. The molecule has 0 spiro atoms. The number of aromatic amines is 1. The Kier molecular flexibility index (Phi) is 3.08. The van der Waals surface area contributed by atoms with E-state index in [0.29, 0.717) is 18.0 Å². The molecule has 20 heavy (non-hydrogen) atoms. The van der Waals surface area contributed by atoms with Gasteiger partial charge in [0.15, 0.2) is 0 Å². The number of H-pyrrole nitrogens is 1. The number of benzene rings is 1. The molecule has 0 saturated heterocycles. The van der Waals surface area contributed by atoms with Crippen LogP contribution in [0.4, 0.5) is 0 Å². The minimum atomic E-state index is -0.781. The maximum absolute atomic E-state index is 11.2. The van der Waals surface area contributed by atoms with E-state index >= 15 is 0 Å². The summed E-state index contributed by atoms with van der Waals surface area (Å²) in [5.41, 5.74) is 3.98. The van der Waals surface area contributed by atoms with Crippen molar-refractivity contribution in [3.05, 3.63) is 41.2 Å². The third-order valence-electron chi connectivity index (χ3n) is 3.97. The van der Waals surface area contributed by atoms with E-state index in [2.05, 4.69) is 35.9 Å². The van der Waals surface area contributed by atoms with Crippen molar-refractivity contribution in [2.45, 2.75) is 38.5 Å². The molecule has 4 heteroatoms. The number of hydrogen-bond donors (Lipinski definition) is 2. The number of nitrogens with zero attached hydrogens (tertiary/aromatic N) is 1. The molecule has 4 nitrogen and oxygen atoms in total. The topological polar surface area (TPSA) is 66.0 Å². The number of fused-ring (bicyclic) bond motifs is 1. The molecule has 0 saturated carbocycles. The highest BCUT2D eigenvalue weighted by atomic mass is 16.4. The van der Waals surface area contributed by atoms with E-state index in [9.17, 15) is 9.90 Å². The van der Waals surface area contributed by atoms with Gasteiger partial charge in [-0.05, 0) is 24.3 Å². The maximum Gasteiger partial charge on any atom is 0.312 e. The van der Waals surface area contributed by atoms with Crippen molar-refractivity contribution in [1.29, 1.82) is 0 Å². The summed E-state index contributed by atoms with van der Waals surface area (Å²) in [5.74, 6) is 0.0418. The lowest BCUT2D eigenvalue weighted by Crippen LogP contribution is -2.08. The molecule has 0 radical (unpaired) electrons. The van der Waals surface area contributed by atoms with Gasteiger partial charge in [-0.2, -0.15) is 0 Å². The fourth-order valence-corrected chi connectivity index (χ4v) is 2.73. The molecule has 1 heterocycles. The fraction of sp³-hybridized carbons (Fsp3) is 0.375. The molecule has 1 aliphatic rings. The fourth-order valence-electron chi connectivity index (χ4n) is 2.73. The van der Waals surface area contributed by atoms with Gasteiger partial charge in [0, 0.05) is 11.3 Å². The van der Waals surface area contributed by atoms with Crippen LogP contribution in [0.15, 0.2) is 24.3 Å². The second kappa shape index (κ2) is 4.78. The van der Waals surface area contributed by atoms with Gasteiger partial charge in [0.2, 0.25) is 0 Å². The Hall–Kier alpha value is -2.10. The quantitative estimate of drug-likeness (QED) is 0.899. The van der Waals surface area contributed by atoms with Crippen LogP contribution in [-0.4, -0.2) is 21.0 Å². The van der Waals surface area contributed by atoms with Crippen molar-refractivity contribution in [3.8, 4) is 11.4 Å². The Morgan fingerprint density at radius 2 is 2.05 bits per heavy atom. The zero-order chi connectivity index (χ0) is 14.3. The molecule has 1 aromatic carbocycles. The minimum Gasteiger partial charge on any atom is -0.481 e. The first-order chi connectivity index (χ1) is 9.56. The van der Waals surface area contributed by atoms with Crippen molar-refractivity contribution < 1.29 is 9.90 Å². The van der Waals surface area contributed by atoms with Gasteiger partial charge in [0.25, 0.3) is 0 Å². The Bertz CT molecular complexity index is 641. The number of hydrogen-bond acceptors (Lipinski definition) is 2. The number of rotatable bonds is 3. The van der Waals surface area contributed by atoms with Crippen molar-refractivity contribution in [2.24, 2.45) is 0 Å². The highest BCUT2D eigenvalue weighted by Gasteiger charge is 2.32. The third kappa shape index (κ3) is 2.11. The van der Waals surface area contributed by atoms with Crippen molar-refractivity contribution in [3.63, 3.8) is 0 Å². The van der Waals surface area contributed by atoms with E-state index in [1.807, 2.05) is 12.1 Å². The number of carbonyl (C=O) groups is 1. The molecule has 1 aliphatic carbocycles. The zero-order valence-electron chi connectivity index (χ0n) is 11.7. The van der Waals surface area contributed by atoms with Crippen LogP contribution in [0.3, 0.4) is 0 Å². The predicted octanol–water partition coefficient (Wildman–Crippen LogP) is 3.31. The van der Waals surface area contributed by atoms with Gasteiger partial charge >= 0.3 is 5.97 Å². The molecule has 2 aromatic rings. The van der Waals surface area contributed by atoms with Crippen LogP contribution in [0.25, 0.3) is 11.4 Å². The van der Waals surface area contributed by atoms with E-state index < -0.39 is 11.9 Å². The van der Waals surface area contributed by atoms with Crippen LogP contribution in [0.5, 0.6) is 0 Å². The first kappa shape index (κ1) is 12.9. The molecule has 104 valence electrons. The van der Waals surface area contributed by atoms with Gasteiger partial charge in [-0.1, -0.05) is 38.1 Å². The normalized spacial score (nSPS) is 17.4. The van der Waals surface area contributed by atoms with E-state index in [1.54, 1.807) is 0 Å². The van der Waals surface area contributed by atoms with Crippen molar-refractivity contribution >= 4 is 5.97 Å². The van der Waals surface area contributed by atoms with Crippen LogP contribution >= 0.6 is 0 Å². The maximum atomic E-state index is 11.2. The molecule has 3 rings (SSSR count). The second-order valence-corrected chi connectivity index (χ2v) is 5.66. The highest BCUT2D eigenvalue weighted by molar-refractivity contribution is 5.77. The summed E-state index contributed by atoms with van der Waals surface area (Å²) in [6, 6.07) is 8.28. The van der Waals surface area contributed by atoms with Gasteiger partial charge in [0.05, 0.1) is 5.69 Å². The number of aliphatic carboxylic acids is 1. The summed E-state index contributed by atoms with van der Waals surface area (Å²) in [7, 11) is 0. The molecule has 0 fully saturated rings. The Morgan fingerprint density at radius 1 is 1.35 bits per heavy atom. The molecular weight excluding hydrogens is 252 g/mol. The summed E-state index contributed by atoms with van der Waals surface area (Å²) in [6.45, 7) is 4.32. The van der Waals surface area contributed by atoms with Gasteiger partial charge in [-0.15, -0.1) is 0 Å². The van der Waals surface area contributed by atoms with Crippen LogP contribution in [-0.2, 0) is 11.2 Å². The highest BCUT2D eigenvalue weighted by Crippen LogP contribution is 2.33. The lowest BCUT2D eigenvalue weighted by atomic mass is 10.0. The van der Waals surface area contributed by atoms with Crippen molar-refractivity contribution in [2.75, 3.05) is 0 Å². The minimum absolute atomic E-state index is 0.454. The molecule has 1 aromatic heterocycles. The standard InChI is InChI=1S/C16H18N2O2/c1-9(2)10-3-5-11(6-4-10)15-17-13-8-7-12(16(19)20)14(13)18-15/h3-6,9,12H,7-8H2,1-2H3,(H,17,18)(H,19,20). The molecule has 0 amide bonds. The lowest BCUT2D eigenvalue weighted by Gasteiger charge is -2.06. The van der Waals surface area contributed by atoms with Crippen molar-refractivity contribution in [1.82, 2.24) is 9.97 Å². The molecular formula is C16H18N2O2. The Labute approximate surface area is 117 Å². The summed E-state index contributed by atoms with van der Waals surface area (Å²) < 4.78 is 0. The number of carboxylic acids is 1. The lowest BCUT2D eigenvalue weighted by molar-refractivity contribution is -0.138.